The van der Waals surface area contributed by atoms with Crippen LogP contribution < -0.4 is 5.32 Å². The van der Waals surface area contributed by atoms with Crippen LogP contribution in [-0.4, -0.2) is 44.0 Å². The first-order chi connectivity index (χ1) is 13.9. The first kappa shape index (κ1) is 22.3. The Morgan fingerprint density at radius 2 is 2.00 bits per heavy atom. The Morgan fingerprint density at radius 1 is 1.24 bits per heavy atom. The number of sulfonamides is 1. The largest absolute Gasteiger partial charge is 0.355 e. The van der Waals surface area contributed by atoms with Gasteiger partial charge in [-0.3, -0.25) is 4.79 Å². The van der Waals surface area contributed by atoms with E-state index in [0.717, 1.165) is 22.6 Å². The minimum atomic E-state index is -3.51. The van der Waals surface area contributed by atoms with Crippen molar-refractivity contribution in [2.75, 3.05) is 25.4 Å². The van der Waals surface area contributed by atoms with Crippen molar-refractivity contribution in [2.45, 2.75) is 37.3 Å². The molecule has 1 aromatic heterocycles. The Bertz CT molecular complexity index is 919. The average molecular weight is 453 g/mol. The minimum absolute atomic E-state index is 0.0466. The number of benzene rings is 1. The Morgan fingerprint density at radius 3 is 2.66 bits per heavy atom. The van der Waals surface area contributed by atoms with Gasteiger partial charge in [0.15, 0.2) is 0 Å². The Hall–Kier alpha value is -1.35. The molecule has 5 nitrogen and oxygen atoms in total. The second kappa shape index (κ2) is 10.1. The van der Waals surface area contributed by atoms with Crippen LogP contribution in [0.3, 0.4) is 0 Å². The summed E-state index contributed by atoms with van der Waals surface area (Å²) in [7, 11) is -3.51. The molecule has 1 N–H and O–H groups in total. The number of hydrogen-bond donors (Lipinski definition) is 1. The van der Waals surface area contributed by atoms with Crippen molar-refractivity contribution in [1.29, 1.82) is 0 Å². The molecule has 0 saturated carbocycles. The molecule has 3 rings (SSSR count). The summed E-state index contributed by atoms with van der Waals surface area (Å²) in [6, 6.07) is 9.58. The fourth-order valence-corrected chi connectivity index (χ4v) is 6.92. The molecule has 2 aromatic rings. The van der Waals surface area contributed by atoms with E-state index in [9.17, 15) is 13.2 Å². The van der Waals surface area contributed by atoms with Crippen molar-refractivity contribution in [1.82, 2.24) is 9.62 Å². The van der Waals surface area contributed by atoms with Gasteiger partial charge in [-0.05, 0) is 49.8 Å². The highest BCUT2D eigenvalue weighted by molar-refractivity contribution is 7.98. The van der Waals surface area contributed by atoms with E-state index in [1.807, 2.05) is 37.7 Å². The maximum atomic E-state index is 13.0. The summed E-state index contributed by atoms with van der Waals surface area (Å²) in [5, 5.41) is 5.08. The lowest BCUT2D eigenvalue weighted by atomic mass is 9.97. The van der Waals surface area contributed by atoms with E-state index in [-0.39, 0.29) is 11.8 Å². The van der Waals surface area contributed by atoms with Crippen LogP contribution in [-0.2, 0) is 20.6 Å². The second-order valence-electron chi connectivity index (χ2n) is 7.37. The molecule has 1 saturated heterocycles. The van der Waals surface area contributed by atoms with E-state index in [2.05, 4.69) is 22.8 Å². The summed E-state index contributed by atoms with van der Waals surface area (Å²) in [4.78, 5) is 14.1. The van der Waals surface area contributed by atoms with E-state index in [0.29, 0.717) is 37.4 Å². The number of carbonyl (C=O) groups excluding carboxylic acids is 1. The zero-order chi connectivity index (χ0) is 20.9. The smallest absolute Gasteiger partial charge is 0.243 e. The van der Waals surface area contributed by atoms with Crippen LogP contribution in [0.1, 0.15) is 28.8 Å². The highest BCUT2D eigenvalue weighted by atomic mass is 32.2. The quantitative estimate of drug-likeness (QED) is 0.619. The number of nitrogens with one attached hydrogen (secondary N) is 1. The van der Waals surface area contributed by atoms with E-state index in [1.54, 1.807) is 17.4 Å². The summed E-state index contributed by atoms with van der Waals surface area (Å²) in [6.07, 6.45) is 1.14. The third-order valence-corrected chi connectivity index (χ3v) is 9.27. The van der Waals surface area contributed by atoms with Gasteiger partial charge in [0.2, 0.25) is 15.9 Å². The van der Waals surface area contributed by atoms with Crippen LogP contribution in [0.2, 0.25) is 0 Å². The molecule has 0 atom stereocenters. The van der Waals surface area contributed by atoms with Gasteiger partial charge in [-0.2, -0.15) is 16.1 Å². The van der Waals surface area contributed by atoms with Gasteiger partial charge >= 0.3 is 0 Å². The first-order valence-corrected chi connectivity index (χ1v) is 13.3. The second-order valence-corrected chi connectivity index (χ2v) is 11.4. The molecule has 0 bridgehead atoms. The SMILES string of the molecule is Cc1ccc(S(=O)(=O)N2CCC(C(=O)NCCSCc3cccs3)CC2)c(C)c1. The fraction of sp³-hybridized carbons (Fsp3) is 0.476. The molecule has 8 heteroatoms. The number of nitrogens with zero attached hydrogens (tertiary/aromatic N) is 1. The number of hydrogen-bond acceptors (Lipinski definition) is 5. The lowest BCUT2D eigenvalue weighted by Gasteiger charge is -2.31. The van der Waals surface area contributed by atoms with Gasteiger partial charge in [0, 0.05) is 41.9 Å². The van der Waals surface area contributed by atoms with Crippen LogP contribution in [0, 0.1) is 19.8 Å². The van der Waals surface area contributed by atoms with E-state index in [1.165, 1.54) is 9.18 Å². The standard InChI is InChI=1S/C21H28N2O3S3/c1-16-5-6-20(17(2)14-16)29(25,26)23-10-7-18(8-11-23)21(24)22-9-13-27-15-19-4-3-12-28-19/h3-6,12,14,18H,7-11,13,15H2,1-2H3,(H,22,24). The first-order valence-electron chi connectivity index (χ1n) is 9.83. The Balaban J connectivity index is 1.43. The zero-order valence-corrected chi connectivity index (χ0v) is 19.3. The van der Waals surface area contributed by atoms with E-state index in [4.69, 9.17) is 0 Å². The summed E-state index contributed by atoms with van der Waals surface area (Å²) < 4.78 is 27.4. The van der Waals surface area contributed by atoms with Crippen molar-refractivity contribution in [3.05, 3.63) is 51.7 Å². The van der Waals surface area contributed by atoms with Crippen LogP contribution in [0.15, 0.2) is 40.6 Å². The molecular formula is C21H28N2O3S3. The number of amides is 1. The molecular weight excluding hydrogens is 424 g/mol. The van der Waals surface area contributed by atoms with Gasteiger partial charge < -0.3 is 5.32 Å². The monoisotopic (exact) mass is 452 g/mol. The van der Waals surface area contributed by atoms with Gasteiger partial charge in [-0.1, -0.05) is 23.8 Å². The summed E-state index contributed by atoms with van der Waals surface area (Å²) >= 11 is 3.56. The summed E-state index contributed by atoms with van der Waals surface area (Å²) in [5.41, 5.74) is 1.82. The van der Waals surface area contributed by atoms with Crippen molar-refractivity contribution in [3.63, 3.8) is 0 Å². The lowest BCUT2D eigenvalue weighted by molar-refractivity contribution is -0.125. The number of thioether (sulfide) groups is 1. The fourth-order valence-electron chi connectivity index (χ4n) is 3.54. The highest BCUT2D eigenvalue weighted by Gasteiger charge is 2.32. The number of rotatable bonds is 8. The van der Waals surface area contributed by atoms with Crippen molar-refractivity contribution in [3.8, 4) is 0 Å². The predicted octanol–water partition coefficient (Wildman–Crippen LogP) is 3.82. The van der Waals surface area contributed by atoms with Gasteiger partial charge in [0.25, 0.3) is 0 Å². The normalized spacial score (nSPS) is 16.1. The molecule has 29 heavy (non-hydrogen) atoms. The minimum Gasteiger partial charge on any atom is -0.355 e. The van der Waals surface area contributed by atoms with Crippen LogP contribution in [0.4, 0.5) is 0 Å². The maximum absolute atomic E-state index is 13.0. The molecule has 1 amide bonds. The van der Waals surface area contributed by atoms with Gasteiger partial charge in [0.05, 0.1) is 4.90 Å². The van der Waals surface area contributed by atoms with Gasteiger partial charge in [-0.25, -0.2) is 8.42 Å². The summed E-state index contributed by atoms with van der Waals surface area (Å²) in [5.74, 6) is 1.79. The highest BCUT2D eigenvalue weighted by Crippen LogP contribution is 2.26. The van der Waals surface area contributed by atoms with Crippen LogP contribution in [0.5, 0.6) is 0 Å². The van der Waals surface area contributed by atoms with Crippen molar-refractivity contribution < 1.29 is 13.2 Å². The zero-order valence-electron chi connectivity index (χ0n) is 16.9. The van der Waals surface area contributed by atoms with Crippen molar-refractivity contribution >= 4 is 39.0 Å². The topological polar surface area (TPSA) is 66.5 Å². The molecule has 158 valence electrons. The molecule has 0 spiro atoms. The molecule has 1 aliphatic heterocycles. The maximum Gasteiger partial charge on any atom is 0.243 e. The number of aryl methyl sites for hydroxylation is 2. The number of piperidine rings is 1. The lowest BCUT2D eigenvalue weighted by Crippen LogP contribution is -2.43. The van der Waals surface area contributed by atoms with Crippen LogP contribution in [0.25, 0.3) is 0 Å². The third-order valence-electron chi connectivity index (χ3n) is 5.14. The molecule has 0 unspecified atom stereocenters. The number of carbonyl (C=O) groups is 1. The molecule has 0 aliphatic carbocycles. The van der Waals surface area contributed by atoms with E-state index >= 15 is 0 Å². The summed E-state index contributed by atoms with van der Waals surface area (Å²) in [6.45, 7) is 5.21. The molecule has 1 aromatic carbocycles. The third kappa shape index (κ3) is 5.84. The molecule has 1 fully saturated rings. The van der Waals surface area contributed by atoms with Gasteiger partial charge in [-0.15, -0.1) is 11.3 Å². The average Bonchev–Trinajstić information content (AvgIpc) is 3.21. The van der Waals surface area contributed by atoms with Crippen LogP contribution >= 0.6 is 23.1 Å². The molecule has 1 aliphatic rings. The van der Waals surface area contributed by atoms with Crippen molar-refractivity contribution in [2.24, 2.45) is 5.92 Å². The van der Waals surface area contributed by atoms with E-state index < -0.39 is 10.0 Å². The molecule has 2 heterocycles. The Kier molecular flexibility index (Phi) is 7.79. The van der Waals surface area contributed by atoms with Gasteiger partial charge in [0.1, 0.15) is 0 Å². The Labute approximate surface area is 181 Å². The molecule has 0 radical (unpaired) electrons. The number of thiophene rings is 1. The predicted molar refractivity (Wildman–Crippen MR) is 121 cm³/mol.